The van der Waals surface area contributed by atoms with Gasteiger partial charge in [-0.2, -0.15) is 0 Å². The third kappa shape index (κ3) is 1.69. The largest absolute Gasteiger partial charge is 0.508 e. The predicted molar refractivity (Wildman–Crippen MR) is 65.0 cm³/mol. The zero-order chi connectivity index (χ0) is 11.9. The lowest BCUT2D eigenvalue weighted by Gasteiger charge is -2.25. The lowest BCUT2D eigenvalue weighted by molar-refractivity contribution is 0.426. The van der Waals surface area contributed by atoms with Crippen LogP contribution in [0.3, 0.4) is 0 Å². The van der Waals surface area contributed by atoms with Crippen molar-refractivity contribution in [2.45, 2.75) is 39.0 Å². The Labute approximate surface area is 96.2 Å². The molecule has 2 N–H and O–H groups in total. The Balaban J connectivity index is 2.65. The quantitative estimate of drug-likeness (QED) is 0.519. The number of allylic oxidation sites excluding steroid dienone is 2. The van der Waals surface area contributed by atoms with Crippen LogP contribution in [0.2, 0.25) is 0 Å². The van der Waals surface area contributed by atoms with Gasteiger partial charge < -0.3 is 10.2 Å². The van der Waals surface area contributed by atoms with Gasteiger partial charge in [0.2, 0.25) is 0 Å². The lowest BCUT2D eigenvalue weighted by atomic mass is 9.82. The van der Waals surface area contributed by atoms with Gasteiger partial charge in [0.1, 0.15) is 11.5 Å². The summed E-state index contributed by atoms with van der Waals surface area (Å²) in [7, 11) is 0. The minimum Gasteiger partial charge on any atom is -0.508 e. The average Bonchev–Trinajstić information content (AvgIpc) is 2.22. The predicted octanol–water partition coefficient (Wildman–Crippen LogP) is 3.05. The number of hydrogen-bond donors (Lipinski definition) is 2. The normalized spacial score (nSPS) is 14.9. The Hall–Kier alpha value is -1.44. The highest BCUT2D eigenvalue weighted by Crippen LogP contribution is 2.41. The lowest BCUT2D eigenvalue weighted by Crippen LogP contribution is -2.13. The molecule has 1 aliphatic carbocycles. The number of hydrogen-bond acceptors (Lipinski definition) is 2. The second-order valence-corrected chi connectivity index (χ2v) is 5.38. The molecule has 86 valence electrons. The molecule has 0 amide bonds. The second-order valence-electron chi connectivity index (χ2n) is 5.38. The summed E-state index contributed by atoms with van der Waals surface area (Å²) in [6.07, 6.45) is 5.48. The number of phenolic OH excluding ortho intramolecular Hbond substituents is 2. The first-order valence-corrected chi connectivity index (χ1v) is 5.63. The Morgan fingerprint density at radius 1 is 1.00 bits per heavy atom. The Morgan fingerprint density at radius 3 is 2.12 bits per heavy atom. The molecule has 0 fully saturated rings. The van der Waals surface area contributed by atoms with Crippen molar-refractivity contribution in [3.8, 4) is 11.5 Å². The molecule has 0 unspecified atom stereocenters. The van der Waals surface area contributed by atoms with E-state index in [1.165, 1.54) is 0 Å². The van der Waals surface area contributed by atoms with E-state index in [1.807, 2.05) is 32.9 Å². The van der Waals surface area contributed by atoms with E-state index in [4.69, 9.17) is 0 Å². The number of phenols is 2. The molecule has 16 heavy (non-hydrogen) atoms. The first-order valence-electron chi connectivity index (χ1n) is 5.63. The zero-order valence-electron chi connectivity index (χ0n) is 10.0. The highest BCUT2D eigenvalue weighted by molar-refractivity contribution is 5.56. The molecule has 0 bridgehead atoms. The van der Waals surface area contributed by atoms with E-state index in [0.717, 1.165) is 16.7 Å². The van der Waals surface area contributed by atoms with Crippen LogP contribution in [0.4, 0.5) is 0 Å². The third-order valence-electron chi connectivity index (χ3n) is 3.11. The smallest absolute Gasteiger partial charge is 0.123 e. The molecule has 0 aromatic heterocycles. The summed E-state index contributed by atoms with van der Waals surface area (Å²) in [6, 6.07) is 1.70. The van der Waals surface area contributed by atoms with E-state index in [9.17, 15) is 10.2 Å². The monoisotopic (exact) mass is 218 g/mol. The van der Waals surface area contributed by atoms with Crippen molar-refractivity contribution in [3.63, 3.8) is 0 Å². The highest BCUT2D eigenvalue weighted by atomic mass is 16.3. The van der Waals surface area contributed by atoms with Crippen molar-refractivity contribution in [1.29, 1.82) is 0 Å². The van der Waals surface area contributed by atoms with Gasteiger partial charge in [0.25, 0.3) is 0 Å². The first-order chi connectivity index (χ1) is 7.41. The molecule has 0 spiro atoms. The van der Waals surface area contributed by atoms with Gasteiger partial charge in [-0.25, -0.2) is 0 Å². The van der Waals surface area contributed by atoms with Crippen molar-refractivity contribution in [3.05, 3.63) is 34.9 Å². The maximum absolute atomic E-state index is 10.2. The molecule has 2 nitrogen and oxygen atoms in total. The van der Waals surface area contributed by atoms with Gasteiger partial charge in [0.15, 0.2) is 0 Å². The fourth-order valence-electron chi connectivity index (χ4n) is 2.17. The zero-order valence-corrected chi connectivity index (χ0v) is 10.0. The van der Waals surface area contributed by atoms with E-state index in [2.05, 4.69) is 0 Å². The van der Waals surface area contributed by atoms with Gasteiger partial charge in [-0.1, -0.05) is 32.9 Å². The third-order valence-corrected chi connectivity index (χ3v) is 3.11. The van der Waals surface area contributed by atoms with Gasteiger partial charge in [0, 0.05) is 16.7 Å². The number of aromatic hydroxyl groups is 2. The molecule has 0 saturated heterocycles. The van der Waals surface area contributed by atoms with E-state index in [0.29, 0.717) is 24.3 Å². The molecule has 0 atom stereocenters. The molecular weight excluding hydrogens is 200 g/mol. The van der Waals surface area contributed by atoms with Gasteiger partial charge >= 0.3 is 0 Å². The second kappa shape index (κ2) is 3.55. The topological polar surface area (TPSA) is 40.5 Å². The molecule has 1 aromatic rings. The van der Waals surface area contributed by atoms with Crippen molar-refractivity contribution in [2.75, 3.05) is 0 Å². The minimum atomic E-state index is -0.155. The molecule has 2 heteroatoms. The molecule has 1 aliphatic rings. The van der Waals surface area contributed by atoms with Crippen LogP contribution in [-0.4, -0.2) is 10.2 Å². The summed E-state index contributed by atoms with van der Waals surface area (Å²) < 4.78 is 0. The summed E-state index contributed by atoms with van der Waals surface area (Å²) in [5.74, 6) is 0.659. The van der Waals surface area contributed by atoms with Gasteiger partial charge in [0.05, 0.1) is 0 Å². The molecule has 0 aliphatic heterocycles. The van der Waals surface area contributed by atoms with Crippen LogP contribution >= 0.6 is 0 Å². The fraction of sp³-hybridized carbons (Fsp3) is 0.429. The van der Waals surface area contributed by atoms with Crippen LogP contribution in [-0.2, 0) is 18.3 Å². The van der Waals surface area contributed by atoms with Gasteiger partial charge in [-0.05, 0) is 24.3 Å². The summed E-state index contributed by atoms with van der Waals surface area (Å²) in [5, 5.41) is 20.2. The minimum absolute atomic E-state index is 0.155. The van der Waals surface area contributed by atoms with Crippen LogP contribution in [0.25, 0.3) is 0 Å². The van der Waals surface area contributed by atoms with Gasteiger partial charge in [-0.3, -0.25) is 0 Å². The summed E-state index contributed by atoms with van der Waals surface area (Å²) in [4.78, 5) is 0. The molecule has 0 radical (unpaired) electrons. The van der Waals surface area contributed by atoms with Crippen LogP contribution in [0, 0.1) is 0 Å². The van der Waals surface area contributed by atoms with Crippen LogP contribution < -0.4 is 0 Å². The fourth-order valence-corrected chi connectivity index (χ4v) is 2.17. The maximum atomic E-state index is 10.2. The SMILES string of the molecule is CC(C)(C)c1cc(O)c2c(c1O)CC=CC2. The maximum Gasteiger partial charge on any atom is 0.123 e. The standard InChI is InChI=1S/C14H18O2/c1-14(2,3)11-8-12(15)9-6-4-5-7-10(9)13(11)16/h4-5,8,15-16H,6-7H2,1-3H3. The van der Waals surface area contributed by atoms with Crippen LogP contribution in [0.15, 0.2) is 18.2 Å². The average molecular weight is 218 g/mol. The molecule has 1 aromatic carbocycles. The van der Waals surface area contributed by atoms with Gasteiger partial charge in [-0.15, -0.1) is 0 Å². The summed E-state index contributed by atoms with van der Waals surface area (Å²) in [5.41, 5.74) is 2.41. The molecule has 0 saturated carbocycles. The molecule has 2 rings (SSSR count). The first kappa shape index (κ1) is 11.1. The van der Waals surface area contributed by atoms with E-state index in [1.54, 1.807) is 6.07 Å². The van der Waals surface area contributed by atoms with Crippen LogP contribution in [0.1, 0.15) is 37.5 Å². The summed E-state index contributed by atoms with van der Waals surface area (Å²) in [6.45, 7) is 6.10. The molecular formula is C14H18O2. The highest BCUT2D eigenvalue weighted by Gasteiger charge is 2.24. The number of benzene rings is 1. The van der Waals surface area contributed by atoms with E-state index < -0.39 is 0 Å². The van der Waals surface area contributed by atoms with Crippen molar-refractivity contribution in [2.24, 2.45) is 0 Å². The number of fused-ring (bicyclic) bond motifs is 1. The Bertz CT molecular complexity index is 451. The van der Waals surface area contributed by atoms with Crippen LogP contribution in [0.5, 0.6) is 11.5 Å². The van der Waals surface area contributed by atoms with E-state index in [-0.39, 0.29) is 5.41 Å². The van der Waals surface area contributed by atoms with Crippen molar-refractivity contribution in [1.82, 2.24) is 0 Å². The number of rotatable bonds is 0. The molecule has 0 heterocycles. The van der Waals surface area contributed by atoms with Crippen molar-refractivity contribution >= 4 is 0 Å². The Kier molecular flexibility index (Phi) is 2.45. The summed E-state index contributed by atoms with van der Waals surface area (Å²) >= 11 is 0. The van der Waals surface area contributed by atoms with Crippen molar-refractivity contribution < 1.29 is 10.2 Å². The Morgan fingerprint density at radius 2 is 1.56 bits per heavy atom. The van der Waals surface area contributed by atoms with E-state index >= 15 is 0 Å².